The van der Waals surface area contributed by atoms with Crippen molar-refractivity contribution in [3.8, 4) is 0 Å². The second kappa shape index (κ2) is 2.70. The number of hydrogen-bond acceptors (Lipinski definition) is 0. The van der Waals surface area contributed by atoms with Gasteiger partial charge in [0.05, 0.1) is 0 Å². The third-order valence-electron chi connectivity index (χ3n) is 2.11. The van der Waals surface area contributed by atoms with Crippen molar-refractivity contribution in [2.45, 2.75) is 13.1 Å². The zero-order valence-electron chi connectivity index (χ0n) is 7.46. The molecule has 0 spiro atoms. The molecule has 0 saturated heterocycles. The minimum Gasteiger partial charge on any atom is -0.358 e. The molecule has 0 aliphatic heterocycles. The smallest absolute Gasteiger partial charge is 0.124 e. The van der Waals surface area contributed by atoms with Crippen molar-refractivity contribution in [2.75, 3.05) is 0 Å². The molecule has 60 valence electrons. The lowest BCUT2D eigenvalue weighted by Crippen LogP contribution is -2.43. The Bertz CT molecular complexity index is 260. The second-order valence-electron chi connectivity index (χ2n) is 3.43. The standard InChI is InChI=1S/C9H15NSi/c1-5-11(3,4)9-7-6-8-10(9)2/h5-8H,1H2,2-4H3. The van der Waals surface area contributed by atoms with Crippen molar-refractivity contribution >= 4 is 13.4 Å². The first-order valence-corrected chi connectivity index (χ1v) is 6.91. The van der Waals surface area contributed by atoms with Gasteiger partial charge >= 0.3 is 0 Å². The van der Waals surface area contributed by atoms with E-state index in [1.54, 1.807) is 0 Å². The molecule has 0 bridgehead atoms. The van der Waals surface area contributed by atoms with E-state index in [2.05, 4.69) is 55.3 Å². The molecule has 0 unspecified atom stereocenters. The summed E-state index contributed by atoms with van der Waals surface area (Å²) in [6, 6.07) is 4.28. The van der Waals surface area contributed by atoms with Crippen LogP contribution in [0, 0.1) is 0 Å². The summed E-state index contributed by atoms with van der Waals surface area (Å²) in [4.78, 5) is 0. The van der Waals surface area contributed by atoms with Gasteiger partial charge in [0.2, 0.25) is 0 Å². The van der Waals surface area contributed by atoms with Crippen molar-refractivity contribution in [2.24, 2.45) is 7.05 Å². The minimum atomic E-state index is -1.32. The zero-order valence-corrected chi connectivity index (χ0v) is 8.46. The van der Waals surface area contributed by atoms with Gasteiger partial charge in [-0.25, -0.2) is 0 Å². The molecule has 0 saturated carbocycles. The van der Waals surface area contributed by atoms with Crippen LogP contribution in [0.25, 0.3) is 0 Å². The van der Waals surface area contributed by atoms with E-state index < -0.39 is 8.07 Å². The average molecular weight is 165 g/mol. The number of hydrogen-bond donors (Lipinski definition) is 0. The summed E-state index contributed by atoms with van der Waals surface area (Å²) in [7, 11) is 0.772. The first-order chi connectivity index (χ1) is 5.08. The Morgan fingerprint density at radius 3 is 2.55 bits per heavy atom. The zero-order chi connectivity index (χ0) is 8.48. The van der Waals surface area contributed by atoms with E-state index in [0.29, 0.717) is 0 Å². The predicted octanol–water partition coefficient (Wildman–Crippen LogP) is 1.67. The third-order valence-corrected chi connectivity index (χ3v) is 4.97. The molecule has 0 fully saturated rings. The molecule has 0 aliphatic rings. The highest BCUT2D eigenvalue weighted by atomic mass is 28.3. The van der Waals surface area contributed by atoms with Gasteiger partial charge < -0.3 is 4.57 Å². The Balaban J connectivity index is 3.10. The summed E-state index contributed by atoms with van der Waals surface area (Å²) in [5.41, 5.74) is 2.11. The maximum absolute atomic E-state index is 3.88. The molecular formula is C9H15NSi. The van der Waals surface area contributed by atoms with E-state index in [4.69, 9.17) is 0 Å². The predicted molar refractivity (Wildman–Crippen MR) is 52.7 cm³/mol. The SMILES string of the molecule is C=C[Si](C)(C)c1cccn1C. The molecule has 2 heteroatoms. The molecule has 1 rings (SSSR count). The highest BCUT2D eigenvalue weighted by Gasteiger charge is 2.20. The Labute approximate surface area is 69.4 Å². The lowest BCUT2D eigenvalue weighted by molar-refractivity contribution is 0.953. The topological polar surface area (TPSA) is 4.93 Å². The Morgan fingerprint density at radius 2 is 2.18 bits per heavy atom. The molecule has 1 aromatic rings. The highest BCUT2D eigenvalue weighted by Crippen LogP contribution is 2.03. The lowest BCUT2D eigenvalue weighted by Gasteiger charge is -2.17. The monoisotopic (exact) mass is 165 g/mol. The fourth-order valence-corrected chi connectivity index (χ4v) is 2.95. The van der Waals surface area contributed by atoms with Gasteiger partial charge in [0.25, 0.3) is 0 Å². The molecule has 0 atom stereocenters. The highest BCUT2D eigenvalue weighted by molar-refractivity contribution is 6.93. The Hall–Kier alpha value is -0.763. The van der Waals surface area contributed by atoms with Gasteiger partial charge in [-0.2, -0.15) is 0 Å². The van der Waals surface area contributed by atoms with Crippen LogP contribution in [0.2, 0.25) is 13.1 Å². The molecular weight excluding hydrogens is 150 g/mol. The van der Waals surface area contributed by atoms with Crippen molar-refractivity contribution < 1.29 is 0 Å². The van der Waals surface area contributed by atoms with E-state index in [1.165, 1.54) is 5.32 Å². The first kappa shape index (κ1) is 8.33. The van der Waals surface area contributed by atoms with Crippen LogP contribution in [0.1, 0.15) is 0 Å². The van der Waals surface area contributed by atoms with Crippen molar-refractivity contribution in [1.29, 1.82) is 0 Å². The van der Waals surface area contributed by atoms with Crippen LogP contribution in [-0.4, -0.2) is 12.6 Å². The normalized spacial score (nSPS) is 11.5. The summed E-state index contributed by atoms with van der Waals surface area (Å²) in [6.45, 7) is 8.48. The number of aromatic nitrogens is 1. The maximum atomic E-state index is 3.88. The lowest BCUT2D eigenvalue weighted by atomic mass is 10.7. The Kier molecular flexibility index (Phi) is 2.05. The summed E-state index contributed by atoms with van der Waals surface area (Å²) in [6.07, 6.45) is 2.09. The van der Waals surface area contributed by atoms with Crippen LogP contribution in [0.3, 0.4) is 0 Å². The molecule has 0 radical (unpaired) electrons. The van der Waals surface area contributed by atoms with Crippen LogP contribution < -0.4 is 5.32 Å². The molecule has 1 aromatic heterocycles. The maximum Gasteiger partial charge on any atom is 0.124 e. The average Bonchev–Trinajstić information content (AvgIpc) is 2.36. The fourth-order valence-electron chi connectivity index (χ4n) is 1.24. The Morgan fingerprint density at radius 1 is 1.55 bits per heavy atom. The van der Waals surface area contributed by atoms with Crippen LogP contribution >= 0.6 is 0 Å². The molecule has 0 aliphatic carbocycles. The van der Waals surface area contributed by atoms with Gasteiger partial charge in [-0.1, -0.05) is 18.8 Å². The molecule has 0 aromatic carbocycles. The second-order valence-corrected chi connectivity index (χ2v) is 7.79. The van der Waals surface area contributed by atoms with Gasteiger partial charge in [-0.15, -0.1) is 6.58 Å². The molecule has 0 N–H and O–H groups in total. The van der Waals surface area contributed by atoms with E-state index in [-0.39, 0.29) is 0 Å². The molecule has 1 nitrogen and oxygen atoms in total. The van der Waals surface area contributed by atoms with E-state index in [9.17, 15) is 0 Å². The minimum absolute atomic E-state index is 1.32. The molecule has 11 heavy (non-hydrogen) atoms. The van der Waals surface area contributed by atoms with Gasteiger partial charge in [-0.3, -0.25) is 0 Å². The van der Waals surface area contributed by atoms with Crippen molar-refractivity contribution in [3.05, 3.63) is 30.6 Å². The fraction of sp³-hybridized carbons (Fsp3) is 0.333. The van der Waals surface area contributed by atoms with Crippen LogP contribution in [-0.2, 0) is 7.05 Å². The van der Waals surface area contributed by atoms with Crippen molar-refractivity contribution in [1.82, 2.24) is 4.57 Å². The van der Waals surface area contributed by atoms with Gasteiger partial charge in [0.15, 0.2) is 0 Å². The molecule has 0 amide bonds. The number of aryl methyl sites for hydroxylation is 1. The van der Waals surface area contributed by atoms with Gasteiger partial charge in [0.1, 0.15) is 8.07 Å². The summed E-state index contributed by atoms with van der Waals surface area (Å²) >= 11 is 0. The van der Waals surface area contributed by atoms with Crippen LogP contribution in [0.4, 0.5) is 0 Å². The van der Waals surface area contributed by atoms with Gasteiger partial charge in [-0.05, 0) is 12.1 Å². The van der Waals surface area contributed by atoms with Crippen LogP contribution in [0.15, 0.2) is 30.6 Å². The van der Waals surface area contributed by atoms with Crippen LogP contribution in [0.5, 0.6) is 0 Å². The first-order valence-electron chi connectivity index (χ1n) is 3.83. The summed E-state index contributed by atoms with van der Waals surface area (Å²) in [5, 5.41) is 1.44. The number of rotatable bonds is 2. The van der Waals surface area contributed by atoms with E-state index in [0.717, 1.165) is 0 Å². The largest absolute Gasteiger partial charge is 0.358 e. The van der Waals surface area contributed by atoms with E-state index in [1.807, 2.05) is 0 Å². The summed E-state index contributed by atoms with van der Waals surface area (Å²) in [5.74, 6) is 0. The van der Waals surface area contributed by atoms with Crippen molar-refractivity contribution in [3.63, 3.8) is 0 Å². The molecule has 1 heterocycles. The van der Waals surface area contributed by atoms with Gasteiger partial charge in [0, 0.05) is 18.6 Å². The quantitative estimate of drug-likeness (QED) is 0.587. The van der Waals surface area contributed by atoms with E-state index >= 15 is 0 Å². The number of nitrogens with zero attached hydrogens (tertiary/aromatic N) is 1. The third kappa shape index (κ3) is 1.45. The summed E-state index contributed by atoms with van der Waals surface area (Å²) < 4.78 is 2.19.